The van der Waals surface area contributed by atoms with Crippen LogP contribution in [0.4, 0.5) is 0 Å². The van der Waals surface area contributed by atoms with Gasteiger partial charge in [-0.2, -0.15) is 0 Å². The van der Waals surface area contributed by atoms with Gasteiger partial charge in [-0.15, -0.1) is 0 Å². The van der Waals surface area contributed by atoms with Crippen LogP contribution in [0.1, 0.15) is 30.3 Å². The minimum Gasteiger partial charge on any atom is -0.359 e. The van der Waals surface area contributed by atoms with Crippen LogP contribution < -0.4 is 0 Å². The van der Waals surface area contributed by atoms with Gasteiger partial charge in [0.25, 0.3) is 0 Å². The molecule has 0 N–H and O–H groups in total. The second-order valence-corrected chi connectivity index (χ2v) is 3.51. The highest BCUT2D eigenvalue weighted by Gasteiger charge is 2.25. The molecule has 0 aliphatic carbocycles. The summed E-state index contributed by atoms with van der Waals surface area (Å²) in [6.45, 7) is 3.13. The Labute approximate surface area is 72.3 Å². The van der Waals surface area contributed by atoms with Crippen molar-refractivity contribution in [2.45, 2.75) is 25.8 Å². The largest absolute Gasteiger partial charge is 0.359 e. The second-order valence-electron chi connectivity index (χ2n) is 3.51. The Morgan fingerprint density at radius 3 is 3.00 bits per heavy atom. The van der Waals surface area contributed by atoms with E-state index in [9.17, 15) is 0 Å². The zero-order chi connectivity index (χ0) is 8.55. The van der Waals surface area contributed by atoms with Crippen LogP contribution in [-0.4, -0.2) is 23.6 Å². The van der Waals surface area contributed by atoms with Gasteiger partial charge in [0, 0.05) is 6.07 Å². The van der Waals surface area contributed by atoms with Gasteiger partial charge in [0.15, 0.2) is 5.76 Å². The summed E-state index contributed by atoms with van der Waals surface area (Å²) in [4.78, 5) is 2.32. The van der Waals surface area contributed by atoms with Gasteiger partial charge in [0.2, 0.25) is 0 Å². The van der Waals surface area contributed by atoms with E-state index in [1.165, 1.54) is 19.4 Å². The van der Waals surface area contributed by atoms with Crippen molar-refractivity contribution in [2.75, 3.05) is 13.6 Å². The highest BCUT2D eigenvalue weighted by molar-refractivity contribution is 5.09. The molecular weight excluding hydrogens is 151 g/mol. The van der Waals surface area contributed by atoms with Crippen LogP contribution in [0.25, 0.3) is 0 Å². The van der Waals surface area contributed by atoms with Crippen LogP contribution in [0.5, 0.6) is 0 Å². The summed E-state index contributed by atoms with van der Waals surface area (Å²) >= 11 is 0. The van der Waals surface area contributed by atoms with Gasteiger partial charge in [-0.25, -0.2) is 0 Å². The van der Waals surface area contributed by atoms with Gasteiger partial charge >= 0.3 is 0 Å². The van der Waals surface area contributed by atoms with Crippen LogP contribution in [-0.2, 0) is 0 Å². The Morgan fingerprint density at radius 1 is 1.67 bits per heavy atom. The molecule has 3 heteroatoms. The Balaban J connectivity index is 2.19. The van der Waals surface area contributed by atoms with Gasteiger partial charge in [0.1, 0.15) is 0 Å². The van der Waals surface area contributed by atoms with Gasteiger partial charge in [0.05, 0.1) is 11.7 Å². The molecular formula is C9H14N2O. The number of aryl methyl sites for hydroxylation is 1. The van der Waals surface area contributed by atoms with Crippen molar-refractivity contribution in [1.82, 2.24) is 10.1 Å². The lowest BCUT2D eigenvalue weighted by atomic mass is 10.1. The number of rotatable bonds is 1. The maximum absolute atomic E-state index is 5.23. The lowest BCUT2D eigenvalue weighted by molar-refractivity contribution is 0.251. The predicted molar refractivity (Wildman–Crippen MR) is 45.8 cm³/mol. The Hall–Kier alpha value is -0.830. The number of likely N-dealkylation sites (tertiary alicyclic amines) is 1. The molecule has 1 fully saturated rings. The molecule has 0 radical (unpaired) electrons. The molecule has 2 heterocycles. The van der Waals surface area contributed by atoms with Crippen molar-refractivity contribution in [2.24, 2.45) is 0 Å². The summed E-state index contributed by atoms with van der Waals surface area (Å²) in [5.41, 5.74) is 0.977. The predicted octanol–water partition coefficient (Wildman–Crippen LogP) is 1.75. The fraction of sp³-hybridized carbons (Fsp3) is 0.667. The standard InChI is InChI=1S/C9H14N2O/c1-7-6-9(12-10-7)8-4-3-5-11(8)2/h6,8H,3-5H2,1-2H3/t8-/m0/s1/i2-1. The molecule has 66 valence electrons. The molecule has 1 aromatic rings. The Bertz CT molecular complexity index is 269. The number of hydrogen-bond donors (Lipinski definition) is 0. The van der Waals surface area contributed by atoms with Crippen LogP contribution in [0.15, 0.2) is 10.6 Å². The van der Waals surface area contributed by atoms with Crippen LogP contribution in [0.2, 0.25) is 0 Å². The second kappa shape index (κ2) is 2.90. The molecule has 0 unspecified atom stereocenters. The van der Waals surface area contributed by atoms with E-state index in [0.717, 1.165) is 11.5 Å². The molecule has 1 aliphatic heterocycles. The fourth-order valence-corrected chi connectivity index (χ4v) is 1.81. The Morgan fingerprint density at radius 2 is 2.50 bits per heavy atom. The first-order valence-corrected chi connectivity index (χ1v) is 4.41. The normalized spacial score (nSPS) is 25.0. The minimum atomic E-state index is 0.464. The molecule has 1 aromatic heterocycles. The fourth-order valence-electron chi connectivity index (χ4n) is 1.81. The maximum Gasteiger partial charge on any atom is 0.154 e. The third-order valence-electron chi connectivity index (χ3n) is 2.50. The summed E-state index contributed by atoms with van der Waals surface area (Å²) in [5, 5.41) is 3.89. The van der Waals surface area contributed by atoms with Gasteiger partial charge in [-0.3, -0.25) is 4.90 Å². The lowest BCUT2D eigenvalue weighted by Gasteiger charge is -2.15. The van der Waals surface area contributed by atoms with Gasteiger partial charge < -0.3 is 4.52 Å². The first kappa shape index (κ1) is 7.80. The summed E-state index contributed by atoms with van der Waals surface area (Å²) in [7, 11) is 2.13. The molecule has 3 nitrogen and oxygen atoms in total. The van der Waals surface area contributed by atoms with Crippen molar-refractivity contribution in [3.05, 3.63) is 17.5 Å². The average molecular weight is 165 g/mol. The van der Waals surface area contributed by atoms with Crippen molar-refractivity contribution >= 4 is 0 Å². The van der Waals surface area contributed by atoms with Crippen LogP contribution in [0, 0.1) is 6.92 Å². The summed E-state index contributed by atoms with van der Waals surface area (Å²) in [6.07, 6.45) is 2.46. The van der Waals surface area contributed by atoms with Gasteiger partial charge in [-0.05, 0) is 33.4 Å². The zero-order valence-corrected chi connectivity index (χ0v) is 7.58. The summed E-state index contributed by atoms with van der Waals surface area (Å²) in [5.74, 6) is 1.02. The van der Waals surface area contributed by atoms with Crippen molar-refractivity contribution in [1.29, 1.82) is 0 Å². The molecule has 0 bridgehead atoms. The van der Waals surface area contributed by atoms with E-state index in [4.69, 9.17) is 4.52 Å². The van der Waals surface area contributed by atoms with E-state index in [1.807, 2.05) is 13.0 Å². The van der Waals surface area contributed by atoms with E-state index in [0.29, 0.717) is 6.04 Å². The Kier molecular flexibility index (Phi) is 1.89. The molecule has 1 saturated heterocycles. The van der Waals surface area contributed by atoms with Gasteiger partial charge in [-0.1, -0.05) is 5.16 Å². The number of hydrogen-bond acceptors (Lipinski definition) is 3. The van der Waals surface area contributed by atoms with Crippen molar-refractivity contribution in [3.63, 3.8) is 0 Å². The van der Waals surface area contributed by atoms with Crippen LogP contribution in [0.3, 0.4) is 0 Å². The summed E-state index contributed by atoms with van der Waals surface area (Å²) < 4.78 is 5.23. The van der Waals surface area contributed by atoms with Crippen molar-refractivity contribution in [3.8, 4) is 0 Å². The number of nitrogens with zero attached hydrogens (tertiary/aromatic N) is 2. The quantitative estimate of drug-likeness (QED) is 0.635. The molecule has 0 saturated carbocycles. The van der Waals surface area contributed by atoms with Crippen LogP contribution >= 0.6 is 0 Å². The van der Waals surface area contributed by atoms with E-state index in [1.54, 1.807) is 0 Å². The third kappa shape index (κ3) is 1.25. The van der Waals surface area contributed by atoms with E-state index in [-0.39, 0.29) is 0 Å². The molecule has 12 heavy (non-hydrogen) atoms. The molecule has 0 spiro atoms. The average Bonchev–Trinajstić information content (AvgIpc) is 2.58. The minimum absolute atomic E-state index is 0.464. The molecule has 0 aromatic carbocycles. The van der Waals surface area contributed by atoms with Crippen molar-refractivity contribution < 1.29 is 4.52 Å². The zero-order valence-electron chi connectivity index (χ0n) is 7.58. The SMILES string of the molecule is Cc1cc([C@@H]2CCCN2[11CH3])on1. The first-order chi connectivity index (χ1) is 5.77. The third-order valence-corrected chi connectivity index (χ3v) is 2.50. The highest BCUT2D eigenvalue weighted by atomic mass is 16.5. The maximum atomic E-state index is 5.23. The summed E-state index contributed by atoms with van der Waals surface area (Å²) in [6, 6.07) is 2.50. The van der Waals surface area contributed by atoms with E-state index >= 15 is 0 Å². The molecule has 0 amide bonds. The molecule has 2 rings (SSSR count). The van der Waals surface area contributed by atoms with E-state index in [2.05, 4.69) is 17.1 Å². The number of aromatic nitrogens is 1. The highest BCUT2D eigenvalue weighted by Crippen LogP contribution is 2.30. The first-order valence-electron chi connectivity index (χ1n) is 4.41. The molecule has 1 aliphatic rings. The van der Waals surface area contributed by atoms with E-state index < -0.39 is 0 Å². The lowest BCUT2D eigenvalue weighted by Crippen LogP contribution is -2.16. The topological polar surface area (TPSA) is 29.3 Å². The monoisotopic (exact) mass is 165 g/mol. The smallest absolute Gasteiger partial charge is 0.154 e. The molecule has 1 atom stereocenters.